The average molecular weight is 365 g/mol. The maximum atomic E-state index is 12.6. The number of aromatic carboxylic acids is 1. The first kappa shape index (κ1) is 17.8. The smallest absolute Gasteiger partial charge is 0.416 e. The molecule has 26 heavy (non-hydrogen) atoms. The third kappa shape index (κ3) is 3.63. The van der Waals surface area contributed by atoms with Gasteiger partial charge in [-0.1, -0.05) is 0 Å². The molecular formula is C18H14F3NO4. The molecule has 1 N–H and O–H groups in total. The van der Waals surface area contributed by atoms with Crippen molar-refractivity contribution in [1.82, 2.24) is 0 Å². The van der Waals surface area contributed by atoms with Gasteiger partial charge in [0, 0.05) is 18.7 Å². The summed E-state index contributed by atoms with van der Waals surface area (Å²) in [7, 11) is 0. The fraction of sp³-hybridized carbons (Fsp3) is 0.222. The zero-order valence-electron chi connectivity index (χ0n) is 13.4. The minimum Gasteiger partial charge on any atom is -0.481 e. The van der Waals surface area contributed by atoms with Crippen LogP contribution in [0.3, 0.4) is 0 Å². The number of halogens is 3. The van der Waals surface area contributed by atoms with E-state index in [1.807, 2.05) is 0 Å². The molecule has 0 spiro atoms. The molecule has 5 nitrogen and oxygen atoms in total. The lowest BCUT2D eigenvalue weighted by atomic mass is 10.2. The fourth-order valence-electron chi connectivity index (χ4n) is 2.69. The number of rotatable bonds is 4. The molecule has 8 heteroatoms. The van der Waals surface area contributed by atoms with E-state index < -0.39 is 23.8 Å². The van der Waals surface area contributed by atoms with Crippen molar-refractivity contribution in [2.24, 2.45) is 0 Å². The van der Waals surface area contributed by atoms with Gasteiger partial charge in [-0.05, 0) is 48.5 Å². The predicted octanol–water partition coefficient (Wildman–Crippen LogP) is 3.59. The van der Waals surface area contributed by atoms with Crippen LogP contribution < -0.4 is 9.64 Å². The second kappa shape index (κ2) is 6.70. The highest BCUT2D eigenvalue weighted by atomic mass is 19.4. The monoisotopic (exact) mass is 365 g/mol. The van der Waals surface area contributed by atoms with Gasteiger partial charge in [0.25, 0.3) is 5.91 Å². The normalized spacial score (nSPS) is 17.4. The standard InChI is InChI=1S/C18H14F3NO4/c19-18(20,21)12-3-7-14(8-4-12)26-15-9-10-22(16(15)23)13-5-1-11(2-6-13)17(24)25/h1-8,15H,9-10H2,(H,24,25). The molecule has 0 radical (unpaired) electrons. The molecule has 2 aromatic rings. The van der Waals surface area contributed by atoms with Crippen LogP contribution in [0.1, 0.15) is 22.3 Å². The van der Waals surface area contributed by atoms with Gasteiger partial charge in [0.05, 0.1) is 11.1 Å². The van der Waals surface area contributed by atoms with Crippen molar-refractivity contribution in [3.63, 3.8) is 0 Å². The summed E-state index contributed by atoms with van der Waals surface area (Å²) in [4.78, 5) is 24.8. The molecule has 1 fully saturated rings. The Hall–Kier alpha value is -3.03. The molecule has 0 saturated carbocycles. The molecule has 1 heterocycles. The Bertz CT molecular complexity index is 816. The first-order chi connectivity index (χ1) is 12.3. The van der Waals surface area contributed by atoms with Crippen LogP contribution in [0.15, 0.2) is 48.5 Å². The van der Waals surface area contributed by atoms with Crippen LogP contribution >= 0.6 is 0 Å². The second-order valence-corrected chi connectivity index (χ2v) is 5.76. The van der Waals surface area contributed by atoms with E-state index in [0.717, 1.165) is 12.1 Å². The Morgan fingerprint density at radius 2 is 1.69 bits per heavy atom. The third-order valence-corrected chi connectivity index (χ3v) is 4.04. The topological polar surface area (TPSA) is 66.8 Å². The molecule has 0 aromatic heterocycles. The van der Waals surface area contributed by atoms with E-state index in [2.05, 4.69) is 0 Å². The van der Waals surface area contributed by atoms with E-state index in [1.165, 1.54) is 41.3 Å². The summed E-state index contributed by atoms with van der Waals surface area (Å²) in [5.41, 5.74) is -0.140. The van der Waals surface area contributed by atoms with Crippen molar-refractivity contribution in [3.8, 4) is 5.75 Å². The number of ether oxygens (including phenoxy) is 1. The number of benzene rings is 2. The molecule has 0 bridgehead atoms. The Labute approximate surface area is 146 Å². The second-order valence-electron chi connectivity index (χ2n) is 5.76. The van der Waals surface area contributed by atoms with Crippen LogP contribution in [-0.4, -0.2) is 29.6 Å². The Balaban J connectivity index is 1.68. The maximum absolute atomic E-state index is 12.6. The predicted molar refractivity (Wildman–Crippen MR) is 86.2 cm³/mol. The van der Waals surface area contributed by atoms with Gasteiger partial charge in [-0.2, -0.15) is 13.2 Å². The number of amides is 1. The van der Waals surface area contributed by atoms with Gasteiger partial charge in [0.2, 0.25) is 0 Å². The summed E-state index contributed by atoms with van der Waals surface area (Å²) in [6, 6.07) is 10.0. The number of carbonyl (C=O) groups is 2. The summed E-state index contributed by atoms with van der Waals surface area (Å²) in [5.74, 6) is -1.21. The summed E-state index contributed by atoms with van der Waals surface area (Å²) in [6.45, 7) is 0.372. The molecule has 1 saturated heterocycles. The number of hydrogen-bond donors (Lipinski definition) is 1. The lowest BCUT2D eigenvalue weighted by Crippen LogP contribution is -2.32. The quantitative estimate of drug-likeness (QED) is 0.899. The van der Waals surface area contributed by atoms with Crippen molar-refractivity contribution >= 4 is 17.6 Å². The van der Waals surface area contributed by atoms with E-state index in [4.69, 9.17) is 9.84 Å². The molecule has 1 atom stereocenters. The zero-order valence-corrected chi connectivity index (χ0v) is 13.4. The molecule has 1 amide bonds. The van der Waals surface area contributed by atoms with Gasteiger partial charge >= 0.3 is 12.1 Å². The summed E-state index contributed by atoms with van der Waals surface area (Å²) >= 11 is 0. The highest BCUT2D eigenvalue weighted by Crippen LogP contribution is 2.31. The fourth-order valence-corrected chi connectivity index (χ4v) is 2.69. The summed E-state index contributed by atoms with van der Waals surface area (Å²) < 4.78 is 43.2. The molecule has 136 valence electrons. The Kier molecular flexibility index (Phi) is 4.58. The van der Waals surface area contributed by atoms with Crippen molar-refractivity contribution in [2.75, 3.05) is 11.4 Å². The number of anilines is 1. The van der Waals surface area contributed by atoms with E-state index in [9.17, 15) is 22.8 Å². The SMILES string of the molecule is O=C(O)c1ccc(N2CCC(Oc3ccc(C(F)(F)F)cc3)C2=O)cc1. The molecule has 3 rings (SSSR count). The zero-order chi connectivity index (χ0) is 18.9. The van der Waals surface area contributed by atoms with E-state index in [-0.39, 0.29) is 17.2 Å². The van der Waals surface area contributed by atoms with Crippen LogP contribution in [-0.2, 0) is 11.0 Å². The summed E-state index contributed by atoms with van der Waals surface area (Å²) in [5, 5.41) is 8.90. The number of alkyl halides is 3. The van der Waals surface area contributed by atoms with Gasteiger partial charge in [-0.25, -0.2) is 4.79 Å². The lowest BCUT2D eigenvalue weighted by Gasteiger charge is -2.17. The Morgan fingerprint density at radius 3 is 2.23 bits per heavy atom. The van der Waals surface area contributed by atoms with Crippen LogP contribution in [0.4, 0.5) is 18.9 Å². The number of carbonyl (C=O) groups excluding carboxylic acids is 1. The van der Waals surface area contributed by atoms with Crippen molar-refractivity contribution < 1.29 is 32.6 Å². The first-order valence-electron chi connectivity index (χ1n) is 7.74. The van der Waals surface area contributed by atoms with E-state index in [1.54, 1.807) is 0 Å². The summed E-state index contributed by atoms with van der Waals surface area (Å²) in [6.07, 6.45) is -4.85. The molecule has 1 aliphatic rings. The van der Waals surface area contributed by atoms with Crippen molar-refractivity contribution in [2.45, 2.75) is 18.7 Å². The van der Waals surface area contributed by atoms with E-state index >= 15 is 0 Å². The molecule has 2 aromatic carbocycles. The largest absolute Gasteiger partial charge is 0.481 e. The number of nitrogens with zero attached hydrogens (tertiary/aromatic N) is 1. The number of carboxylic acids is 1. The lowest BCUT2D eigenvalue weighted by molar-refractivity contribution is -0.137. The van der Waals surface area contributed by atoms with Gasteiger partial charge in [0.15, 0.2) is 6.10 Å². The van der Waals surface area contributed by atoms with Crippen molar-refractivity contribution in [1.29, 1.82) is 0 Å². The van der Waals surface area contributed by atoms with Crippen LogP contribution in [0.2, 0.25) is 0 Å². The average Bonchev–Trinajstić information content (AvgIpc) is 2.95. The van der Waals surface area contributed by atoms with Gasteiger partial charge in [0.1, 0.15) is 5.75 Å². The maximum Gasteiger partial charge on any atom is 0.416 e. The van der Waals surface area contributed by atoms with E-state index in [0.29, 0.717) is 18.7 Å². The molecule has 1 unspecified atom stereocenters. The minimum atomic E-state index is -4.43. The Morgan fingerprint density at radius 1 is 1.08 bits per heavy atom. The molecule has 0 aliphatic carbocycles. The highest BCUT2D eigenvalue weighted by molar-refractivity contribution is 5.99. The van der Waals surface area contributed by atoms with Crippen LogP contribution in [0.5, 0.6) is 5.75 Å². The molecule has 1 aliphatic heterocycles. The van der Waals surface area contributed by atoms with Gasteiger partial charge in [-0.3, -0.25) is 4.79 Å². The third-order valence-electron chi connectivity index (χ3n) is 4.04. The highest BCUT2D eigenvalue weighted by Gasteiger charge is 2.35. The number of hydrogen-bond acceptors (Lipinski definition) is 3. The minimum absolute atomic E-state index is 0.109. The first-order valence-corrected chi connectivity index (χ1v) is 7.74. The van der Waals surface area contributed by atoms with Crippen LogP contribution in [0.25, 0.3) is 0 Å². The number of carboxylic acid groups (broad SMARTS) is 1. The van der Waals surface area contributed by atoms with Gasteiger partial charge in [-0.15, -0.1) is 0 Å². The van der Waals surface area contributed by atoms with Crippen LogP contribution in [0, 0.1) is 0 Å². The molecular weight excluding hydrogens is 351 g/mol. The van der Waals surface area contributed by atoms with Crippen molar-refractivity contribution in [3.05, 3.63) is 59.7 Å². The van der Waals surface area contributed by atoms with Gasteiger partial charge < -0.3 is 14.7 Å².